The molecule has 73 valence electrons. The molecule has 3 heteroatoms. The van der Waals surface area contributed by atoms with Gasteiger partial charge in [-0.3, -0.25) is 0 Å². The van der Waals surface area contributed by atoms with E-state index in [1.165, 1.54) is 0 Å². The molecule has 14 heavy (non-hydrogen) atoms. The fraction of sp³-hybridized carbons (Fsp3) is 0.364. The first-order chi connectivity index (χ1) is 6.76. The Labute approximate surface area is 88.5 Å². The highest BCUT2D eigenvalue weighted by molar-refractivity contribution is 6.32. The average Bonchev–Trinajstić information content (AvgIpc) is 2.58. The van der Waals surface area contributed by atoms with Crippen LogP contribution in [0.5, 0.6) is 0 Å². The van der Waals surface area contributed by atoms with E-state index in [1.54, 1.807) is 0 Å². The molecule has 2 rings (SSSR count). The molecule has 0 aliphatic heterocycles. The zero-order valence-electron chi connectivity index (χ0n) is 8.34. The van der Waals surface area contributed by atoms with Crippen molar-refractivity contribution < 1.29 is 0 Å². The fourth-order valence-corrected chi connectivity index (χ4v) is 1.87. The van der Waals surface area contributed by atoms with Gasteiger partial charge in [-0.15, -0.1) is 0 Å². The van der Waals surface area contributed by atoms with E-state index in [1.807, 2.05) is 16.7 Å². The summed E-state index contributed by atoms with van der Waals surface area (Å²) in [6.45, 7) is 5.03. The van der Waals surface area contributed by atoms with Crippen LogP contribution in [-0.4, -0.2) is 9.55 Å². The van der Waals surface area contributed by atoms with Gasteiger partial charge in [0, 0.05) is 11.6 Å². The van der Waals surface area contributed by atoms with Gasteiger partial charge in [0.05, 0.1) is 11.0 Å². The lowest BCUT2D eigenvalue weighted by Crippen LogP contribution is -1.91. The maximum atomic E-state index is 6.13. The van der Waals surface area contributed by atoms with Crippen molar-refractivity contribution in [1.82, 2.24) is 9.55 Å². The van der Waals surface area contributed by atoms with Crippen molar-refractivity contribution in [2.24, 2.45) is 0 Å². The lowest BCUT2D eigenvalue weighted by molar-refractivity contribution is 0.780. The number of aryl methyl sites for hydroxylation is 2. The number of halogens is 1. The van der Waals surface area contributed by atoms with Crippen molar-refractivity contribution in [2.45, 2.75) is 26.8 Å². The number of fused-ring (bicyclic) bond motifs is 1. The van der Waals surface area contributed by atoms with E-state index in [0.717, 1.165) is 34.6 Å². The standard InChI is InChI=1S/C11H12ClN2/c1-3-8-5-10-11(6-9(8)12)14(4-2)7-13-10/h5-6H,3-4H2,1-2H3. The lowest BCUT2D eigenvalue weighted by Gasteiger charge is -2.02. The SMILES string of the molecule is CCc1cc2n[c]n(CC)c2cc1Cl. The molecule has 1 aromatic carbocycles. The monoisotopic (exact) mass is 207 g/mol. The molecule has 0 unspecified atom stereocenters. The number of aromatic nitrogens is 2. The van der Waals surface area contributed by atoms with Crippen molar-refractivity contribution in [2.75, 3.05) is 0 Å². The van der Waals surface area contributed by atoms with Crippen LogP contribution < -0.4 is 0 Å². The van der Waals surface area contributed by atoms with Crippen LogP contribution in [0.4, 0.5) is 0 Å². The van der Waals surface area contributed by atoms with Gasteiger partial charge in [-0.05, 0) is 31.0 Å². The first-order valence-corrected chi connectivity index (χ1v) is 5.20. The Morgan fingerprint density at radius 3 is 2.86 bits per heavy atom. The van der Waals surface area contributed by atoms with Gasteiger partial charge in [0.2, 0.25) is 0 Å². The van der Waals surface area contributed by atoms with Gasteiger partial charge in [0.25, 0.3) is 0 Å². The summed E-state index contributed by atoms with van der Waals surface area (Å²) in [7, 11) is 0. The highest BCUT2D eigenvalue weighted by atomic mass is 35.5. The third-order valence-electron chi connectivity index (χ3n) is 2.42. The van der Waals surface area contributed by atoms with Crippen LogP contribution in [0.2, 0.25) is 5.02 Å². The van der Waals surface area contributed by atoms with E-state index in [4.69, 9.17) is 11.6 Å². The zero-order chi connectivity index (χ0) is 10.1. The van der Waals surface area contributed by atoms with E-state index < -0.39 is 0 Å². The Hall–Kier alpha value is -1.02. The molecule has 1 aromatic heterocycles. The number of rotatable bonds is 2. The minimum atomic E-state index is 0.823. The Balaban J connectivity index is 2.69. The Bertz CT molecular complexity index is 460. The van der Waals surface area contributed by atoms with Crippen LogP contribution in [-0.2, 0) is 13.0 Å². The largest absolute Gasteiger partial charge is 0.322 e. The Kier molecular flexibility index (Phi) is 2.46. The van der Waals surface area contributed by atoms with Crippen LogP contribution in [0.25, 0.3) is 11.0 Å². The molecule has 0 aliphatic rings. The molecule has 0 aliphatic carbocycles. The van der Waals surface area contributed by atoms with Crippen molar-refractivity contribution in [1.29, 1.82) is 0 Å². The van der Waals surface area contributed by atoms with Gasteiger partial charge < -0.3 is 4.57 Å². The summed E-state index contributed by atoms with van der Waals surface area (Å²) in [6.07, 6.45) is 3.89. The number of nitrogens with zero attached hydrogens (tertiary/aromatic N) is 2. The zero-order valence-corrected chi connectivity index (χ0v) is 9.10. The highest BCUT2D eigenvalue weighted by Crippen LogP contribution is 2.23. The molecule has 0 fully saturated rings. The van der Waals surface area contributed by atoms with Crippen molar-refractivity contribution in [3.05, 3.63) is 29.0 Å². The molecule has 0 atom stereocenters. The quantitative estimate of drug-likeness (QED) is 0.740. The minimum absolute atomic E-state index is 0.823. The van der Waals surface area contributed by atoms with E-state index in [0.29, 0.717) is 0 Å². The Morgan fingerprint density at radius 1 is 1.43 bits per heavy atom. The normalized spacial score (nSPS) is 11.1. The third-order valence-corrected chi connectivity index (χ3v) is 2.77. The molecule has 0 amide bonds. The Morgan fingerprint density at radius 2 is 2.21 bits per heavy atom. The molecule has 1 radical (unpaired) electrons. The number of hydrogen-bond acceptors (Lipinski definition) is 1. The van der Waals surface area contributed by atoms with Gasteiger partial charge >= 0.3 is 0 Å². The maximum Gasteiger partial charge on any atom is 0.177 e. The first kappa shape index (κ1) is 9.53. The van der Waals surface area contributed by atoms with Crippen LogP contribution in [0.3, 0.4) is 0 Å². The second-order valence-electron chi connectivity index (χ2n) is 3.24. The van der Waals surface area contributed by atoms with Gasteiger partial charge in [-0.1, -0.05) is 18.5 Å². The molecular weight excluding hydrogens is 196 g/mol. The van der Waals surface area contributed by atoms with Gasteiger partial charge in [-0.25, -0.2) is 4.98 Å². The molecule has 2 aromatic rings. The van der Waals surface area contributed by atoms with Crippen LogP contribution in [0, 0.1) is 6.33 Å². The topological polar surface area (TPSA) is 17.8 Å². The summed E-state index contributed by atoms with van der Waals surface area (Å²) < 4.78 is 1.97. The summed E-state index contributed by atoms with van der Waals surface area (Å²) >= 11 is 6.13. The second-order valence-corrected chi connectivity index (χ2v) is 3.65. The third kappa shape index (κ3) is 1.40. The first-order valence-electron chi connectivity index (χ1n) is 4.82. The van der Waals surface area contributed by atoms with Crippen molar-refractivity contribution in [3.63, 3.8) is 0 Å². The summed E-state index contributed by atoms with van der Waals surface area (Å²) in [4.78, 5) is 4.22. The predicted molar refractivity (Wildman–Crippen MR) is 58.6 cm³/mol. The fourth-order valence-electron chi connectivity index (χ4n) is 1.58. The highest BCUT2D eigenvalue weighted by Gasteiger charge is 2.06. The summed E-state index contributed by atoms with van der Waals surface area (Å²) in [5.74, 6) is 0. The minimum Gasteiger partial charge on any atom is -0.322 e. The molecule has 1 heterocycles. The van der Waals surface area contributed by atoms with Crippen LogP contribution in [0.15, 0.2) is 12.1 Å². The second kappa shape index (κ2) is 3.62. The molecule has 0 spiro atoms. The van der Waals surface area contributed by atoms with Crippen LogP contribution in [0.1, 0.15) is 19.4 Å². The lowest BCUT2D eigenvalue weighted by atomic mass is 10.1. The summed E-state index contributed by atoms with van der Waals surface area (Å²) in [6, 6.07) is 4.02. The molecule has 0 saturated carbocycles. The van der Waals surface area contributed by atoms with Gasteiger partial charge in [0.15, 0.2) is 6.33 Å². The van der Waals surface area contributed by atoms with Crippen molar-refractivity contribution >= 4 is 22.6 Å². The summed E-state index contributed by atoms with van der Waals surface area (Å²) in [5, 5.41) is 0.823. The molecule has 0 N–H and O–H groups in total. The van der Waals surface area contributed by atoms with E-state index in [-0.39, 0.29) is 0 Å². The predicted octanol–water partition coefficient (Wildman–Crippen LogP) is 3.07. The number of imidazole rings is 1. The average molecular weight is 208 g/mol. The maximum absolute atomic E-state index is 6.13. The number of hydrogen-bond donors (Lipinski definition) is 0. The van der Waals surface area contributed by atoms with E-state index >= 15 is 0 Å². The molecule has 2 nitrogen and oxygen atoms in total. The molecular formula is C11H12ClN2. The summed E-state index contributed by atoms with van der Waals surface area (Å²) in [5.41, 5.74) is 3.19. The van der Waals surface area contributed by atoms with Gasteiger partial charge in [0.1, 0.15) is 0 Å². The molecule has 0 bridgehead atoms. The van der Waals surface area contributed by atoms with Crippen LogP contribution >= 0.6 is 11.6 Å². The smallest absolute Gasteiger partial charge is 0.177 e. The van der Waals surface area contributed by atoms with Gasteiger partial charge in [-0.2, -0.15) is 0 Å². The number of benzene rings is 1. The molecule has 0 saturated heterocycles. The van der Waals surface area contributed by atoms with Crippen molar-refractivity contribution in [3.8, 4) is 0 Å². The van der Waals surface area contributed by atoms with E-state index in [9.17, 15) is 0 Å². The van der Waals surface area contributed by atoms with E-state index in [2.05, 4.69) is 25.2 Å².